The molecule has 1 aromatic rings. The standard InChI is InChI=1S/C10H9ClO2/c1-13-10(12)7-6-8-4-2-3-5-9(8)11/h2-7H,1H3/b7-6+. The predicted octanol–water partition coefficient (Wildman–Crippen LogP) is 2.53. The summed E-state index contributed by atoms with van der Waals surface area (Å²) in [5.41, 5.74) is 0.801. The number of benzene rings is 1. The smallest absolute Gasteiger partial charge is 0.330 e. The zero-order chi connectivity index (χ0) is 9.68. The van der Waals surface area contributed by atoms with Gasteiger partial charge in [0.1, 0.15) is 0 Å². The van der Waals surface area contributed by atoms with Crippen LogP contribution in [-0.2, 0) is 9.53 Å². The molecule has 0 heterocycles. The predicted molar refractivity (Wildman–Crippen MR) is 52.5 cm³/mol. The van der Waals surface area contributed by atoms with Crippen LogP contribution in [0.5, 0.6) is 0 Å². The Morgan fingerprint density at radius 1 is 1.46 bits per heavy atom. The summed E-state index contributed by atoms with van der Waals surface area (Å²) in [5, 5.41) is 0.614. The van der Waals surface area contributed by atoms with Crippen molar-refractivity contribution in [2.45, 2.75) is 0 Å². The zero-order valence-corrected chi connectivity index (χ0v) is 7.91. The van der Waals surface area contributed by atoms with Crippen molar-refractivity contribution < 1.29 is 9.53 Å². The van der Waals surface area contributed by atoms with Crippen LogP contribution < -0.4 is 0 Å². The Balaban J connectivity index is 2.80. The third-order valence-corrected chi connectivity index (χ3v) is 1.85. The molecule has 0 aliphatic carbocycles. The van der Waals surface area contributed by atoms with E-state index in [0.717, 1.165) is 5.56 Å². The average Bonchev–Trinajstić information content (AvgIpc) is 2.16. The van der Waals surface area contributed by atoms with Crippen molar-refractivity contribution in [3.63, 3.8) is 0 Å². The van der Waals surface area contributed by atoms with Crippen molar-refractivity contribution >= 4 is 23.6 Å². The number of carbonyl (C=O) groups excluding carboxylic acids is 1. The molecule has 0 radical (unpaired) electrons. The average molecular weight is 197 g/mol. The second-order valence-electron chi connectivity index (χ2n) is 2.38. The van der Waals surface area contributed by atoms with Crippen molar-refractivity contribution in [2.75, 3.05) is 7.11 Å². The lowest BCUT2D eigenvalue weighted by atomic mass is 10.2. The molecule has 0 bridgehead atoms. The van der Waals surface area contributed by atoms with Gasteiger partial charge in [-0.1, -0.05) is 29.8 Å². The maximum absolute atomic E-state index is 10.7. The molecule has 1 rings (SSSR count). The van der Waals surface area contributed by atoms with Crippen LogP contribution in [0.1, 0.15) is 5.56 Å². The molecule has 13 heavy (non-hydrogen) atoms. The van der Waals surface area contributed by atoms with E-state index in [1.807, 2.05) is 18.2 Å². The summed E-state index contributed by atoms with van der Waals surface area (Å²) in [4.78, 5) is 10.7. The van der Waals surface area contributed by atoms with Gasteiger partial charge < -0.3 is 4.74 Å². The SMILES string of the molecule is COC(=O)/C=C/c1ccccc1Cl. The highest BCUT2D eigenvalue weighted by atomic mass is 35.5. The van der Waals surface area contributed by atoms with Gasteiger partial charge in [-0.15, -0.1) is 0 Å². The van der Waals surface area contributed by atoms with E-state index in [4.69, 9.17) is 11.6 Å². The fraction of sp³-hybridized carbons (Fsp3) is 0.100. The highest BCUT2D eigenvalue weighted by Gasteiger charge is 1.95. The number of hydrogen-bond donors (Lipinski definition) is 0. The summed E-state index contributed by atoms with van der Waals surface area (Å²) in [7, 11) is 1.33. The van der Waals surface area contributed by atoms with Crippen molar-refractivity contribution in [3.8, 4) is 0 Å². The van der Waals surface area contributed by atoms with Crippen LogP contribution in [0.4, 0.5) is 0 Å². The van der Waals surface area contributed by atoms with Gasteiger partial charge in [0, 0.05) is 11.1 Å². The first-order valence-electron chi connectivity index (χ1n) is 3.74. The molecule has 0 spiro atoms. The van der Waals surface area contributed by atoms with Gasteiger partial charge in [0.2, 0.25) is 0 Å². The Labute approximate surface area is 81.8 Å². The minimum absolute atomic E-state index is 0.389. The largest absolute Gasteiger partial charge is 0.466 e. The van der Waals surface area contributed by atoms with Gasteiger partial charge in [-0.3, -0.25) is 0 Å². The summed E-state index contributed by atoms with van der Waals surface area (Å²) < 4.78 is 4.44. The second kappa shape index (κ2) is 4.67. The Morgan fingerprint density at radius 3 is 2.77 bits per heavy atom. The third-order valence-electron chi connectivity index (χ3n) is 1.51. The number of methoxy groups -OCH3 is 1. The molecule has 0 unspecified atom stereocenters. The van der Waals surface area contributed by atoms with Gasteiger partial charge >= 0.3 is 5.97 Å². The van der Waals surface area contributed by atoms with Gasteiger partial charge in [-0.2, -0.15) is 0 Å². The molecule has 1 aromatic carbocycles. The maximum atomic E-state index is 10.7. The molecule has 0 aliphatic rings. The first kappa shape index (κ1) is 9.81. The van der Waals surface area contributed by atoms with Crippen LogP contribution in [-0.4, -0.2) is 13.1 Å². The summed E-state index contributed by atoms with van der Waals surface area (Å²) in [6.07, 6.45) is 2.95. The maximum Gasteiger partial charge on any atom is 0.330 e. The minimum atomic E-state index is -0.389. The number of halogens is 1. The van der Waals surface area contributed by atoms with E-state index in [2.05, 4.69) is 4.74 Å². The Bertz CT molecular complexity index is 331. The molecular weight excluding hydrogens is 188 g/mol. The topological polar surface area (TPSA) is 26.3 Å². The molecule has 0 saturated heterocycles. The van der Waals surface area contributed by atoms with E-state index < -0.39 is 0 Å². The van der Waals surface area contributed by atoms with Gasteiger partial charge in [0.05, 0.1) is 7.11 Å². The van der Waals surface area contributed by atoms with E-state index in [1.165, 1.54) is 13.2 Å². The number of esters is 1. The highest BCUT2D eigenvalue weighted by Crippen LogP contribution is 2.15. The van der Waals surface area contributed by atoms with Crippen molar-refractivity contribution in [2.24, 2.45) is 0 Å². The van der Waals surface area contributed by atoms with Crippen LogP contribution in [0.25, 0.3) is 6.08 Å². The molecule has 0 saturated carbocycles. The molecular formula is C10H9ClO2. The molecule has 2 nitrogen and oxygen atoms in total. The van der Waals surface area contributed by atoms with Gasteiger partial charge in [0.25, 0.3) is 0 Å². The highest BCUT2D eigenvalue weighted by molar-refractivity contribution is 6.32. The summed E-state index contributed by atoms with van der Waals surface area (Å²) in [5.74, 6) is -0.389. The fourth-order valence-electron chi connectivity index (χ4n) is 0.836. The van der Waals surface area contributed by atoms with E-state index >= 15 is 0 Å². The lowest BCUT2D eigenvalue weighted by molar-refractivity contribution is -0.134. The molecule has 0 aromatic heterocycles. The normalized spacial score (nSPS) is 10.3. The van der Waals surface area contributed by atoms with Gasteiger partial charge in [0.15, 0.2) is 0 Å². The number of ether oxygens (including phenoxy) is 1. The van der Waals surface area contributed by atoms with Crippen LogP contribution in [0.2, 0.25) is 5.02 Å². The van der Waals surface area contributed by atoms with E-state index in [1.54, 1.807) is 12.1 Å². The quantitative estimate of drug-likeness (QED) is 0.537. The zero-order valence-electron chi connectivity index (χ0n) is 7.16. The first-order chi connectivity index (χ1) is 6.24. The first-order valence-corrected chi connectivity index (χ1v) is 4.12. The monoisotopic (exact) mass is 196 g/mol. The number of carbonyl (C=O) groups is 1. The Kier molecular flexibility index (Phi) is 3.53. The molecule has 0 amide bonds. The second-order valence-corrected chi connectivity index (χ2v) is 2.79. The molecule has 0 fully saturated rings. The number of hydrogen-bond acceptors (Lipinski definition) is 2. The van der Waals surface area contributed by atoms with Crippen LogP contribution in [0.3, 0.4) is 0 Å². The number of rotatable bonds is 2. The molecule has 0 atom stereocenters. The van der Waals surface area contributed by atoms with Crippen molar-refractivity contribution in [3.05, 3.63) is 40.9 Å². The van der Waals surface area contributed by atoms with Crippen LogP contribution >= 0.6 is 11.6 Å². The Hall–Kier alpha value is -1.28. The fourth-order valence-corrected chi connectivity index (χ4v) is 1.03. The molecule has 3 heteroatoms. The molecule has 0 aliphatic heterocycles. The lowest BCUT2D eigenvalue weighted by Crippen LogP contribution is -1.93. The van der Waals surface area contributed by atoms with Crippen molar-refractivity contribution in [1.82, 2.24) is 0 Å². The summed E-state index contributed by atoms with van der Waals surface area (Å²) in [6, 6.07) is 7.26. The van der Waals surface area contributed by atoms with E-state index in [0.29, 0.717) is 5.02 Å². The summed E-state index contributed by atoms with van der Waals surface area (Å²) >= 11 is 5.85. The molecule has 0 N–H and O–H groups in total. The van der Waals surface area contributed by atoms with Crippen LogP contribution in [0.15, 0.2) is 30.3 Å². The van der Waals surface area contributed by atoms with Gasteiger partial charge in [-0.05, 0) is 17.7 Å². The molecule has 68 valence electrons. The third kappa shape index (κ3) is 2.92. The van der Waals surface area contributed by atoms with Crippen LogP contribution in [0, 0.1) is 0 Å². The Morgan fingerprint density at radius 2 is 2.15 bits per heavy atom. The van der Waals surface area contributed by atoms with Gasteiger partial charge in [-0.25, -0.2) is 4.79 Å². The van der Waals surface area contributed by atoms with E-state index in [-0.39, 0.29) is 5.97 Å². The lowest BCUT2D eigenvalue weighted by Gasteiger charge is -1.95. The van der Waals surface area contributed by atoms with Crippen molar-refractivity contribution in [1.29, 1.82) is 0 Å². The summed E-state index contributed by atoms with van der Waals surface area (Å²) in [6.45, 7) is 0. The minimum Gasteiger partial charge on any atom is -0.466 e. The van der Waals surface area contributed by atoms with E-state index in [9.17, 15) is 4.79 Å².